The minimum atomic E-state index is -0.0148. The zero-order valence-corrected chi connectivity index (χ0v) is 23.7. The van der Waals surface area contributed by atoms with E-state index in [1.54, 1.807) is 6.20 Å². The first kappa shape index (κ1) is 27.7. The van der Waals surface area contributed by atoms with E-state index >= 15 is 0 Å². The van der Waals surface area contributed by atoms with Crippen LogP contribution in [0.4, 0.5) is 5.82 Å². The number of hydrogen-bond acceptors (Lipinski definition) is 6. The van der Waals surface area contributed by atoms with Crippen molar-refractivity contribution in [3.05, 3.63) is 113 Å². The van der Waals surface area contributed by atoms with E-state index in [4.69, 9.17) is 10.5 Å². The monoisotopic (exact) mass is 560 g/mol. The summed E-state index contributed by atoms with van der Waals surface area (Å²) in [6.45, 7) is 4.33. The summed E-state index contributed by atoms with van der Waals surface area (Å²) in [6.07, 6.45) is 6.43. The van der Waals surface area contributed by atoms with Crippen LogP contribution in [0, 0.1) is 0 Å². The molecule has 0 saturated carbocycles. The second kappa shape index (κ2) is 12.6. The van der Waals surface area contributed by atoms with Crippen molar-refractivity contribution >= 4 is 17.5 Å². The summed E-state index contributed by atoms with van der Waals surface area (Å²) in [6, 6.07) is 26.8. The van der Waals surface area contributed by atoms with Gasteiger partial charge in [0.05, 0.1) is 0 Å². The number of piperidine rings is 1. The SMILES string of the molecule is Nc1ncc(-c2ccc(C(=O)N3CCC(N4CCCC4)CC3)cc2)cc1OCc1ccc(C(=O)c2ccccc2)cc1. The third kappa shape index (κ3) is 6.21. The number of likely N-dealkylation sites (tertiary alicyclic amines) is 2. The van der Waals surface area contributed by atoms with Crippen LogP contribution in [0.2, 0.25) is 0 Å². The summed E-state index contributed by atoms with van der Waals surface area (Å²) < 4.78 is 6.02. The van der Waals surface area contributed by atoms with Crippen LogP contribution >= 0.6 is 0 Å². The molecular formula is C35H36N4O3. The van der Waals surface area contributed by atoms with Crippen LogP contribution in [-0.4, -0.2) is 58.7 Å². The number of aromatic nitrogens is 1. The molecule has 7 nitrogen and oxygen atoms in total. The second-order valence-corrected chi connectivity index (χ2v) is 11.1. The molecule has 0 radical (unpaired) electrons. The molecule has 2 fully saturated rings. The Morgan fingerprint density at radius 2 is 1.43 bits per heavy atom. The van der Waals surface area contributed by atoms with Gasteiger partial charge in [-0.2, -0.15) is 0 Å². The maximum atomic E-state index is 13.2. The molecule has 0 aliphatic carbocycles. The summed E-state index contributed by atoms with van der Waals surface area (Å²) in [5.41, 5.74) is 10.8. The molecule has 2 saturated heterocycles. The quantitative estimate of drug-likeness (QED) is 0.272. The molecule has 2 N–H and O–H groups in total. The van der Waals surface area contributed by atoms with E-state index in [2.05, 4.69) is 9.88 Å². The minimum Gasteiger partial charge on any atom is -0.485 e. The lowest BCUT2D eigenvalue weighted by atomic mass is 10.0. The Labute approximate surface area is 246 Å². The molecule has 0 bridgehead atoms. The van der Waals surface area contributed by atoms with Gasteiger partial charge in [0.15, 0.2) is 17.4 Å². The van der Waals surface area contributed by atoms with Crippen molar-refractivity contribution in [2.45, 2.75) is 38.3 Å². The maximum Gasteiger partial charge on any atom is 0.253 e. The van der Waals surface area contributed by atoms with Gasteiger partial charge >= 0.3 is 0 Å². The Morgan fingerprint density at radius 3 is 2.12 bits per heavy atom. The Morgan fingerprint density at radius 1 is 0.786 bits per heavy atom. The fraction of sp³-hybridized carbons (Fsp3) is 0.286. The third-order valence-electron chi connectivity index (χ3n) is 8.40. The fourth-order valence-electron chi connectivity index (χ4n) is 5.93. The highest BCUT2D eigenvalue weighted by Gasteiger charge is 2.28. The molecule has 2 aliphatic heterocycles. The zero-order chi connectivity index (χ0) is 28.9. The van der Waals surface area contributed by atoms with Crippen LogP contribution in [0.25, 0.3) is 11.1 Å². The summed E-state index contributed by atoms with van der Waals surface area (Å²) in [4.78, 5) is 34.8. The van der Waals surface area contributed by atoms with Gasteiger partial charge in [0.1, 0.15) is 6.61 Å². The van der Waals surface area contributed by atoms with Crippen molar-refractivity contribution in [2.24, 2.45) is 0 Å². The summed E-state index contributed by atoms with van der Waals surface area (Å²) >= 11 is 0. The Bertz CT molecular complexity index is 1520. The highest BCUT2D eigenvalue weighted by Crippen LogP contribution is 2.29. The Balaban J connectivity index is 1.06. The standard InChI is InChI=1S/C35H36N4O3/c36-34-32(42-24-25-8-10-28(11-9-25)33(40)27-6-2-1-3-7-27)22-30(23-37-34)26-12-14-29(15-13-26)35(41)39-20-16-31(17-21-39)38-18-4-5-19-38/h1-3,6-15,22-23,31H,4-5,16-21,24H2,(H2,36,37). The highest BCUT2D eigenvalue weighted by atomic mass is 16.5. The van der Waals surface area contributed by atoms with Crippen molar-refractivity contribution in [2.75, 3.05) is 31.9 Å². The van der Waals surface area contributed by atoms with Crippen molar-refractivity contribution in [3.63, 3.8) is 0 Å². The smallest absolute Gasteiger partial charge is 0.253 e. The largest absolute Gasteiger partial charge is 0.485 e. The first-order valence-electron chi connectivity index (χ1n) is 14.8. The van der Waals surface area contributed by atoms with Crippen molar-refractivity contribution in [1.29, 1.82) is 0 Å². The van der Waals surface area contributed by atoms with E-state index in [1.165, 1.54) is 25.9 Å². The van der Waals surface area contributed by atoms with Crippen molar-refractivity contribution in [3.8, 4) is 16.9 Å². The molecular weight excluding hydrogens is 524 g/mol. The van der Waals surface area contributed by atoms with Gasteiger partial charge in [-0.15, -0.1) is 0 Å². The fourth-order valence-corrected chi connectivity index (χ4v) is 5.93. The van der Waals surface area contributed by atoms with Gasteiger partial charge < -0.3 is 20.3 Å². The average molecular weight is 561 g/mol. The van der Waals surface area contributed by atoms with Gasteiger partial charge in [-0.1, -0.05) is 66.7 Å². The molecule has 6 rings (SSSR count). The number of nitrogens with two attached hydrogens (primary N) is 1. The molecule has 7 heteroatoms. The van der Waals surface area contributed by atoms with Crippen LogP contribution < -0.4 is 10.5 Å². The Hall–Kier alpha value is -4.49. The van der Waals surface area contributed by atoms with Crippen molar-refractivity contribution < 1.29 is 14.3 Å². The molecule has 1 amide bonds. The molecule has 42 heavy (non-hydrogen) atoms. The van der Waals surface area contributed by atoms with E-state index in [1.807, 2.05) is 89.8 Å². The second-order valence-electron chi connectivity index (χ2n) is 11.1. The predicted octanol–water partition coefficient (Wildman–Crippen LogP) is 5.84. The van der Waals surface area contributed by atoms with Gasteiger partial charge in [-0.3, -0.25) is 9.59 Å². The van der Waals surface area contributed by atoms with Gasteiger partial charge in [-0.25, -0.2) is 4.98 Å². The Kier molecular flexibility index (Phi) is 8.28. The normalized spacial score (nSPS) is 16.0. The first-order valence-corrected chi connectivity index (χ1v) is 14.8. The number of carbonyl (C=O) groups excluding carboxylic acids is 2. The number of nitrogen functional groups attached to an aromatic ring is 1. The molecule has 3 aromatic carbocycles. The molecule has 214 valence electrons. The molecule has 0 spiro atoms. The number of pyridine rings is 1. The summed E-state index contributed by atoms with van der Waals surface area (Å²) in [5, 5.41) is 0. The van der Waals surface area contributed by atoms with E-state index in [9.17, 15) is 9.59 Å². The highest BCUT2D eigenvalue weighted by molar-refractivity contribution is 6.08. The topological polar surface area (TPSA) is 88.8 Å². The van der Waals surface area contributed by atoms with Gasteiger partial charge in [0.2, 0.25) is 0 Å². The number of nitrogens with zero attached hydrogens (tertiary/aromatic N) is 3. The van der Waals surface area contributed by atoms with Crippen molar-refractivity contribution in [1.82, 2.24) is 14.8 Å². The number of amides is 1. The average Bonchev–Trinajstić information content (AvgIpc) is 3.60. The van der Waals surface area contributed by atoms with Gasteiger partial charge in [0, 0.05) is 47.6 Å². The lowest BCUT2D eigenvalue weighted by Gasteiger charge is -2.36. The maximum absolute atomic E-state index is 13.2. The van der Waals surface area contributed by atoms with Crippen LogP contribution in [-0.2, 0) is 6.61 Å². The van der Waals surface area contributed by atoms with Gasteiger partial charge in [-0.05, 0) is 68.1 Å². The lowest BCUT2D eigenvalue weighted by molar-refractivity contribution is 0.0644. The van der Waals surface area contributed by atoms with Crippen LogP contribution in [0.3, 0.4) is 0 Å². The van der Waals surface area contributed by atoms with E-state index < -0.39 is 0 Å². The van der Waals surface area contributed by atoms with E-state index in [-0.39, 0.29) is 18.3 Å². The molecule has 0 unspecified atom stereocenters. The van der Waals surface area contributed by atoms with Gasteiger partial charge in [0.25, 0.3) is 5.91 Å². The molecule has 1 aromatic heterocycles. The number of rotatable bonds is 8. The number of hydrogen-bond donors (Lipinski definition) is 1. The first-order chi connectivity index (χ1) is 20.5. The number of ketones is 1. The minimum absolute atomic E-state index is 0.0148. The number of ether oxygens (including phenoxy) is 1. The van der Waals surface area contributed by atoms with Crippen LogP contribution in [0.1, 0.15) is 57.5 Å². The molecule has 4 aromatic rings. The third-order valence-corrected chi connectivity index (χ3v) is 8.40. The molecule has 3 heterocycles. The zero-order valence-electron chi connectivity index (χ0n) is 23.7. The van der Waals surface area contributed by atoms with E-state index in [0.717, 1.165) is 42.6 Å². The molecule has 2 aliphatic rings. The van der Waals surface area contributed by atoms with Crippen LogP contribution in [0.15, 0.2) is 91.1 Å². The van der Waals surface area contributed by atoms with E-state index in [0.29, 0.717) is 34.3 Å². The van der Waals surface area contributed by atoms with Crippen LogP contribution in [0.5, 0.6) is 5.75 Å². The number of benzene rings is 3. The lowest BCUT2D eigenvalue weighted by Crippen LogP contribution is -2.45. The number of anilines is 1. The summed E-state index contributed by atoms with van der Waals surface area (Å²) in [5.74, 6) is 0.869. The predicted molar refractivity (Wildman–Crippen MR) is 164 cm³/mol. The number of carbonyl (C=O) groups is 2. The molecule has 0 atom stereocenters. The summed E-state index contributed by atoms with van der Waals surface area (Å²) in [7, 11) is 0.